The minimum Gasteiger partial charge on any atom is -0.353 e. The lowest BCUT2D eigenvalue weighted by Crippen LogP contribution is -2.41. The molecular weight excluding hydrogens is 212 g/mol. The highest BCUT2D eigenvalue weighted by Gasteiger charge is 2.44. The van der Waals surface area contributed by atoms with Crippen LogP contribution in [0.3, 0.4) is 0 Å². The molecule has 0 bridgehead atoms. The molecule has 0 aliphatic heterocycles. The van der Waals surface area contributed by atoms with Crippen LogP contribution in [0.5, 0.6) is 0 Å². The van der Waals surface area contributed by atoms with Crippen molar-refractivity contribution in [2.45, 2.75) is 59.4 Å². The van der Waals surface area contributed by atoms with E-state index in [-0.39, 0.29) is 5.91 Å². The molecule has 1 atom stereocenters. The minimum atomic E-state index is 0.130. The standard InChI is InChI=1S/C14H28N2O/c1-5-6-12(4)16-13(17)9-15-10-14(7-8-14)11(2)3/h11-12,15H,5-10H2,1-4H3,(H,16,17). The fraction of sp³-hybridized carbons (Fsp3) is 0.929. The summed E-state index contributed by atoms with van der Waals surface area (Å²) in [6, 6.07) is 0.300. The Morgan fingerprint density at radius 3 is 2.41 bits per heavy atom. The molecule has 0 saturated heterocycles. The highest BCUT2D eigenvalue weighted by atomic mass is 16.1. The summed E-state index contributed by atoms with van der Waals surface area (Å²) in [6.45, 7) is 10.2. The summed E-state index contributed by atoms with van der Waals surface area (Å²) in [5, 5.41) is 6.32. The lowest BCUT2D eigenvalue weighted by molar-refractivity contribution is -0.120. The zero-order chi connectivity index (χ0) is 12.9. The van der Waals surface area contributed by atoms with Crippen molar-refractivity contribution in [2.75, 3.05) is 13.1 Å². The summed E-state index contributed by atoms with van der Waals surface area (Å²) < 4.78 is 0. The molecule has 1 aliphatic carbocycles. The Morgan fingerprint density at radius 2 is 1.94 bits per heavy atom. The third-order valence-electron chi connectivity index (χ3n) is 4.01. The van der Waals surface area contributed by atoms with E-state index in [1.165, 1.54) is 12.8 Å². The zero-order valence-electron chi connectivity index (χ0n) is 11.8. The second-order valence-electron chi connectivity index (χ2n) is 5.88. The van der Waals surface area contributed by atoms with Crippen molar-refractivity contribution < 1.29 is 4.79 Å². The van der Waals surface area contributed by atoms with Crippen molar-refractivity contribution >= 4 is 5.91 Å². The Balaban J connectivity index is 2.12. The molecule has 1 saturated carbocycles. The number of carbonyl (C=O) groups excluding carboxylic acids is 1. The zero-order valence-corrected chi connectivity index (χ0v) is 11.8. The summed E-state index contributed by atoms with van der Waals surface area (Å²) in [7, 11) is 0. The van der Waals surface area contributed by atoms with Gasteiger partial charge in [-0.3, -0.25) is 4.79 Å². The van der Waals surface area contributed by atoms with Gasteiger partial charge in [0.05, 0.1) is 6.54 Å². The van der Waals surface area contributed by atoms with E-state index >= 15 is 0 Å². The van der Waals surface area contributed by atoms with Gasteiger partial charge >= 0.3 is 0 Å². The molecule has 1 aliphatic rings. The predicted octanol–water partition coefficient (Wildman–Crippen LogP) is 2.32. The van der Waals surface area contributed by atoms with Crippen LogP contribution in [-0.2, 0) is 4.79 Å². The van der Waals surface area contributed by atoms with Crippen LogP contribution in [0, 0.1) is 11.3 Å². The van der Waals surface area contributed by atoms with Gasteiger partial charge in [0, 0.05) is 12.6 Å². The predicted molar refractivity (Wildman–Crippen MR) is 71.9 cm³/mol. The third-order valence-corrected chi connectivity index (χ3v) is 4.01. The van der Waals surface area contributed by atoms with Crippen molar-refractivity contribution in [1.29, 1.82) is 0 Å². The molecule has 1 rings (SSSR count). The van der Waals surface area contributed by atoms with Gasteiger partial charge in [-0.1, -0.05) is 27.2 Å². The molecule has 3 heteroatoms. The third kappa shape index (κ3) is 4.66. The van der Waals surface area contributed by atoms with Crippen molar-refractivity contribution in [3.8, 4) is 0 Å². The fourth-order valence-electron chi connectivity index (χ4n) is 2.37. The van der Waals surface area contributed by atoms with Crippen LogP contribution in [0.4, 0.5) is 0 Å². The molecule has 1 amide bonds. The molecule has 100 valence electrons. The van der Waals surface area contributed by atoms with Gasteiger partial charge in [-0.15, -0.1) is 0 Å². The Morgan fingerprint density at radius 1 is 1.29 bits per heavy atom. The van der Waals surface area contributed by atoms with Gasteiger partial charge in [0.25, 0.3) is 0 Å². The summed E-state index contributed by atoms with van der Waals surface area (Å²) in [4.78, 5) is 11.6. The van der Waals surface area contributed by atoms with Gasteiger partial charge < -0.3 is 10.6 Å². The SMILES string of the molecule is CCCC(C)NC(=O)CNCC1(C(C)C)CC1. The quantitative estimate of drug-likeness (QED) is 0.683. The highest BCUT2D eigenvalue weighted by Crippen LogP contribution is 2.51. The molecule has 3 nitrogen and oxygen atoms in total. The maximum Gasteiger partial charge on any atom is 0.234 e. The van der Waals surface area contributed by atoms with E-state index < -0.39 is 0 Å². The van der Waals surface area contributed by atoms with Crippen LogP contribution >= 0.6 is 0 Å². The van der Waals surface area contributed by atoms with E-state index in [0.717, 1.165) is 25.3 Å². The first kappa shape index (κ1) is 14.5. The number of nitrogens with one attached hydrogen (secondary N) is 2. The fourth-order valence-corrected chi connectivity index (χ4v) is 2.37. The van der Waals surface area contributed by atoms with Crippen molar-refractivity contribution in [3.05, 3.63) is 0 Å². The van der Waals surface area contributed by atoms with Gasteiger partial charge in [-0.2, -0.15) is 0 Å². The minimum absolute atomic E-state index is 0.130. The Labute approximate surface area is 106 Å². The van der Waals surface area contributed by atoms with Crippen molar-refractivity contribution in [3.63, 3.8) is 0 Å². The summed E-state index contributed by atoms with van der Waals surface area (Å²) in [5.74, 6) is 0.850. The van der Waals surface area contributed by atoms with Gasteiger partial charge in [-0.25, -0.2) is 0 Å². The van der Waals surface area contributed by atoms with E-state index in [9.17, 15) is 4.79 Å². The summed E-state index contributed by atoms with van der Waals surface area (Å²) in [6.07, 6.45) is 4.80. The van der Waals surface area contributed by atoms with Crippen LogP contribution in [-0.4, -0.2) is 25.0 Å². The van der Waals surface area contributed by atoms with Gasteiger partial charge in [0.2, 0.25) is 5.91 Å². The number of rotatable bonds is 8. The first-order valence-electron chi connectivity index (χ1n) is 7.00. The second kappa shape index (κ2) is 6.39. The van der Waals surface area contributed by atoms with E-state index in [4.69, 9.17) is 0 Å². The van der Waals surface area contributed by atoms with E-state index in [0.29, 0.717) is 18.0 Å². The molecular formula is C14H28N2O. The van der Waals surface area contributed by atoms with Gasteiger partial charge in [0.15, 0.2) is 0 Å². The molecule has 2 N–H and O–H groups in total. The van der Waals surface area contributed by atoms with E-state index in [2.05, 4.69) is 38.3 Å². The van der Waals surface area contributed by atoms with E-state index in [1.807, 2.05) is 0 Å². The van der Waals surface area contributed by atoms with Gasteiger partial charge in [-0.05, 0) is 37.5 Å². The van der Waals surface area contributed by atoms with Crippen molar-refractivity contribution in [1.82, 2.24) is 10.6 Å². The topological polar surface area (TPSA) is 41.1 Å². The molecule has 0 heterocycles. The van der Waals surface area contributed by atoms with E-state index in [1.54, 1.807) is 0 Å². The average Bonchev–Trinajstić information content (AvgIpc) is 2.99. The number of hydrogen-bond acceptors (Lipinski definition) is 2. The molecule has 1 unspecified atom stereocenters. The normalized spacial score (nSPS) is 19.1. The Bertz CT molecular complexity index is 247. The van der Waals surface area contributed by atoms with Crippen molar-refractivity contribution in [2.24, 2.45) is 11.3 Å². The number of amides is 1. The maximum atomic E-state index is 11.6. The van der Waals surface area contributed by atoms with Crippen LogP contribution in [0.25, 0.3) is 0 Å². The average molecular weight is 240 g/mol. The van der Waals surface area contributed by atoms with Crippen LogP contribution in [0.2, 0.25) is 0 Å². The van der Waals surface area contributed by atoms with Crippen LogP contribution in [0.15, 0.2) is 0 Å². The summed E-state index contributed by atoms with van der Waals surface area (Å²) in [5.41, 5.74) is 0.481. The second-order valence-corrected chi connectivity index (χ2v) is 5.88. The lowest BCUT2D eigenvalue weighted by atomic mass is 9.92. The first-order valence-corrected chi connectivity index (χ1v) is 7.00. The van der Waals surface area contributed by atoms with Crippen LogP contribution < -0.4 is 10.6 Å². The monoisotopic (exact) mass is 240 g/mol. The number of carbonyl (C=O) groups is 1. The summed E-state index contributed by atoms with van der Waals surface area (Å²) >= 11 is 0. The molecule has 17 heavy (non-hydrogen) atoms. The first-order chi connectivity index (χ1) is 8.00. The molecule has 0 aromatic heterocycles. The molecule has 0 spiro atoms. The highest BCUT2D eigenvalue weighted by molar-refractivity contribution is 5.78. The Hall–Kier alpha value is -0.570. The molecule has 1 fully saturated rings. The molecule has 0 aromatic rings. The molecule has 0 aromatic carbocycles. The maximum absolute atomic E-state index is 11.6. The van der Waals surface area contributed by atoms with Gasteiger partial charge in [0.1, 0.15) is 0 Å². The number of hydrogen-bond donors (Lipinski definition) is 2. The largest absolute Gasteiger partial charge is 0.353 e. The van der Waals surface area contributed by atoms with Crippen LogP contribution in [0.1, 0.15) is 53.4 Å². The molecule has 0 radical (unpaired) electrons. The smallest absolute Gasteiger partial charge is 0.234 e. The lowest BCUT2D eigenvalue weighted by Gasteiger charge is -2.20. The Kier molecular flexibility index (Phi) is 5.44.